The van der Waals surface area contributed by atoms with Crippen molar-refractivity contribution < 1.29 is 4.79 Å². The lowest BCUT2D eigenvalue weighted by molar-refractivity contribution is 0.0735. The molecule has 1 aromatic heterocycles. The summed E-state index contributed by atoms with van der Waals surface area (Å²) in [4.78, 5) is 18.8. The van der Waals surface area contributed by atoms with Crippen LogP contribution in [0.1, 0.15) is 34.8 Å². The number of amides is 1. The smallest absolute Gasteiger partial charge is 0.254 e. The maximum absolute atomic E-state index is 12.7. The zero-order chi connectivity index (χ0) is 13.9. The van der Waals surface area contributed by atoms with Gasteiger partial charge in [0.2, 0.25) is 0 Å². The minimum absolute atomic E-state index is 0.120. The fourth-order valence-electron chi connectivity index (χ4n) is 2.72. The molecular weight excluding hydrogens is 363 g/mol. The molecular formula is C16H15IN2O. The van der Waals surface area contributed by atoms with Crippen molar-refractivity contribution >= 4 is 28.5 Å². The predicted molar refractivity (Wildman–Crippen MR) is 86.4 cm³/mol. The Morgan fingerprint density at radius 2 is 2.20 bits per heavy atom. The molecule has 0 spiro atoms. The minimum atomic E-state index is 0.120. The van der Waals surface area contributed by atoms with Gasteiger partial charge in [-0.1, -0.05) is 12.1 Å². The van der Waals surface area contributed by atoms with Crippen LogP contribution in [0.5, 0.6) is 0 Å². The van der Waals surface area contributed by atoms with E-state index in [2.05, 4.69) is 33.6 Å². The first-order valence-electron chi connectivity index (χ1n) is 6.72. The molecule has 0 aliphatic carbocycles. The molecule has 0 N–H and O–H groups in total. The Bertz CT molecular complexity index is 615. The number of carbonyl (C=O) groups excluding carboxylic acids is 1. The van der Waals surface area contributed by atoms with E-state index in [0.29, 0.717) is 0 Å². The van der Waals surface area contributed by atoms with Crippen LogP contribution in [0, 0.1) is 3.57 Å². The monoisotopic (exact) mass is 378 g/mol. The van der Waals surface area contributed by atoms with E-state index in [1.54, 1.807) is 6.20 Å². The van der Waals surface area contributed by atoms with Gasteiger partial charge in [-0.2, -0.15) is 0 Å². The third-order valence-electron chi connectivity index (χ3n) is 3.65. The van der Waals surface area contributed by atoms with Crippen LogP contribution in [0.2, 0.25) is 0 Å². The summed E-state index contributed by atoms with van der Waals surface area (Å²) in [5.41, 5.74) is 1.90. The molecule has 1 aromatic carbocycles. The standard InChI is InChI=1S/C16H15IN2O/c17-14-6-1-4-12(10-14)16(20)19-9-3-7-15(19)13-5-2-8-18-11-13/h1-2,4-6,8,10-11,15H,3,7,9H2. The molecule has 1 unspecified atom stereocenters. The molecule has 102 valence electrons. The second-order valence-corrected chi connectivity index (χ2v) is 6.20. The number of aromatic nitrogens is 1. The average Bonchev–Trinajstić information content (AvgIpc) is 2.97. The van der Waals surface area contributed by atoms with E-state index < -0.39 is 0 Å². The quantitative estimate of drug-likeness (QED) is 0.748. The van der Waals surface area contributed by atoms with Gasteiger partial charge in [0, 0.05) is 28.1 Å². The molecule has 2 heterocycles. The van der Waals surface area contributed by atoms with Crippen LogP contribution in [-0.2, 0) is 0 Å². The second-order valence-electron chi connectivity index (χ2n) is 4.95. The Kier molecular flexibility index (Phi) is 4.00. The Labute approximate surface area is 132 Å². The molecule has 1 aliphatic rings. The normalized spacial score (nSPS) is 18.2. The molecule has 1 saturated heterocycles. The first-order valence-corrected chi connectivity index (χ1v) is 7.80. The SMILES string of the molecule is O=C(c1cccc(I)c1)N1CCCC1c1cccnc1. The highest BCUT2D eigenvalue weighted by molar-refractivity contribution is 14.1. The number of hydrogen-bond acceptors (Lipinski definition) is 2. The van der Waals surface area contributed by atoms with Crippen molar-refractivity contribution in [3.63, 3.8) is 0 Å². The molecule has 1 aliphatic heterocycles. The van der Waals surface area contributed by atoms with Crippen LogP contribution in [0.4, 0.5) is 0 Å². The van der Waals surface area contributed by atoms with Crippen molar-refractivity contribution in [2.24, 2.45) is 0 Å². The van der Waals surface area contributed by atoms with Crippen molar-refractivity contribution in [1.82, 2.24) is 9.88 Å². The van der Waals surface area contributed by atoms with Gasteiger partial charge in [-0.15, -0.1) is 0 Å². The van der Waals surface area contributed by atoms with Crippen molar-refractivity contribution in [1.29, 1.82) is 0 Å². The van der Waals surface area contributed by atoms with E-state index >= 15 is 0 Å². The van der Waals surface area contributed by atoms with E-state index in [1.807, 2.05) is 41.4 Å². The van der Waals surface area contributed by atoms with E-state index in [1.165, 1.54) is 0 Å². The van der Waals surface area contributed by atoms with E-state index in [-0.39, 0.29) is 11.9 Å². The number of carbonyl (C=O) groups is 1. The molecule has 4 heteroatoms. The summed E-state index contributed by atoms with van der Waals surface area (Å²) >= 11 is 2.24. The van der Waals surface area contributed by atoms with Crippen LogP contribution in [0.3, 0.4) is 0 Å². The number of pyridine rings is 1. The summed E-state index contributed by atoms with van der Waals surface area (Å²) < 4.78 is 1.09. The highest BCUT2D eigenvalue weighted by Gasteiger charge is 2.30. The van der Waals surface area contributed by atoms with Crippen molar-refractivity contribution in [2.75, 3.05) is 6.54 Å². The Morgan fingerprint density at radius 1 is 1.30 bits per heavy atom. The first-order chi connectivity index (χ1) is 9.75. The lowest BCUT2D eigenvalue weighted by atomic mass is 10.1. The predicted octanol–water partition coefficient (Wildman–Crippen LogP) is 3.66. The molecule has 0 radical (unpaired) electrons. The molecule has 1 amide bonds. The van der Waals surface area contributed by atoms with Gasteiger partial charge in [0.25, 0.3) is 5.91 Å². The summed E-state index contributed by atoms with van der Waals surface area (Å²) in [6, 6.07) is 11.9. The zero-order valence-electron chi connectivity index (χ0n) is 11.0. The zero-order valence-corrected chi connectivity index (χ0v) is 13.2. The minimum Gasteiger partial charge on any atom is -0.332 e. The van der Waals surface area contributed by atoms with Crippen molar-refractivity contribution in [3.8, 4) is 0 Å². The third kappa shape index (κ3) is 2.70. The van der Waals surface area contributed by atoms with Crippen molar-refractivity contribution in [3.05, 3.63) is 63.5 Å². The van der Waals surface area contributed by atoms with Crippen LogP contribution in [0.25, 0.3) is 0 Å². The maximum atomic E-state index is 12.7. The number of benzene rings is 1. The van der Waals surface area contributed by atoms with E-state index in [0.717, 1.165) is 34.1 Å². The van der Waals surface area contributed by atoms with Gasteiger partial charge < -0.3 is 4.90 Å². The van der Waals surface area contributed by atoms with Crippen LogP contribution in [0.15, 0.2) is 48.8 Å². The molecule has 1 fully saturated rings. The van der Waals surface area contributed by atoms with Crippen LogP contribution >= 0.6 is 22.6 Å². The van der Waals surface area contributed by atoms with E-state index in [9.17, 15) is 4.79 Å². The third-order valence-corrected chi connectivity index (χ3v) is 4.33. The Morgan fingerprint density at radius 3 is 2.95 bits per heavy atom. The number of halogens is 1. The van der Waals surface area contributed by atoms with Crippen molar-refractivity contribution in [2.45, 2.75) is 18.9 Å². The van der Waals surface area contributed by atoms with Gasteiger partial charge in [-0.3, -0.25) is 9.78 Å². The summed E-state index contributed by atoms with van der Waals surface area (Å²) in [7, 11) is 0. The molecule has 2 aromatic rings. The van der Waals surface area contributed by atoms with Gasteiger partial charge in [-0.05, 0) is 65.3 Å². The van der Waals surface area contributed by atoms with Gasteiger partial charge >= 0.3 is 0 Å². The van der Waals surface area contributed by atoms with Crippen LogP contribution < -0.4 is 0 Å². The van der Waals surface area contributed by atoms with Gasteiger partial charge in [0.15, 0.2) is 0 Å². The molecule has 1 atom stereocenters. The number of hydrogen-bond donors (Lipinski definition) is 0. The number of nitrogens with zero attached hydrogens (tertiary/aromatic N) is 2. The number of rotatable bonds is 2. The largest absolute Gasteiger partial charge is 0.332 e. The molecule has 0 saturated carbocycles. The van der Waals surface area contributed by atoms with Gasteiger partial charge in [0.1, 0.15) is 0 Å². The number of likely N-dealkylation sites (tertiary alicyclic amines) is 1. The van der Waals surface area contributed by atoms with Gasteiger partial charge in [0.05, 0.1) is 6.04 Å². The summed E-state index contributed by atoms with van der Waals surface area (Å²) in [5, 5.41) is 0. The summed E-state index contributed by atoms with van der Waals surface area (Å²) in [6.07, 6.45) is 5.70. The molecule has 3 rings (SSSR count). The first kappa shape index (κ1) is 13.5. The highest BCUT2D eigenvalue weighted by Crippen LogP contribution is 2.32. The second kappa shape index (κ2) is 5.91. The Hall–Kier alpha value is -1.43. The summed E-state index contributed by atoms with van der Waals surface area (Å²) in [6.45, 7) is 0.823. The summed E-state index contributed by atoms with van der Waals surface area (Å²) in [5.74, 6) is 0.120. The fraction of sp³-hybridized carbons (Fsp3) is 0.250. The molecule has 0 bridgehead atoms. The maximum Gasteiger partial charge on any atom is 0.254 e. The van der Waals surface area contributed by atoms with Gasteiger partial charge in [-0.25, -0.2) is 0 Å². The lowest BCUT2D eigenvalue weighted by Gasteiger charge is -2.25. The highest BCUT2D eigenvalue weighted by atomic mass is 127. The fourth-order valence-corrected chi connectivity index (χ4v) is 3.26. The molecule has 20 heavy (non-hydrogen) atoms. The average molecular weight is 378 g/mol. The van der Waals surface area contributed by atoms with E-state index in [4.69, 9.17) is 0 Å². The topological polar surface area (TPSA) is 33.2 Å². The lowest BCUT2D eigenvalue weighted by Crippen LogP contribution is -2.30. The van der Waals surface area contributed by atoms with Crippen LogP contribution in [-0.4, -0.2) is 22.3 Å². The Balaban J connectivity index is 1.87. The molecule has 3 nitrogen and oxygen atoms in total.